The summed E-state index contributed by atoms with van der Waals surface area (Å²) in [6.45, 7) is 2.60. The van der Waals surface area contributed by atoms with Gasteiger partial charge in [-0.25, -0.2) is 0 Å². The van der Waals surface area contributed by atoms with Crippen LogP contribution in [0.25, 0.3) is 0 Å². The molecule has 0 aliphatic heterocycles. The van der Waals surface area contributed by atoms with Crippen molar-refractivity contribution in [3.8, 4) is 11.5 Å². The predicted octanol–water partition coefficient (Wildman–Crippen LogP) is 4.58. The number of non-ortho nitro benzene ring substituents is 1. The Bertz CT molecular complexity index is 632. The highest BCUT2D eigenvalue weighted by Gasteiger charge is 2.11. The molecule has 1 N–H and O–H groups in total. The second-order valence-electron chi connectivity index (χ2n) is 4.06. The van der Waals surface area contributed by atoms with Crippen molar-refractivity contribution in [3.63, 3.8) is 0 Å². The Morgan fingerprint density at radius 2 is 2.05 bits per heavy atom. The maximum absolute atomic E-state index is 10.9. The summed E-state index contributed by atoms with van der Waals surface area (Å²) >= 11 is 3.35. The van der Waals surface area contributed by atoms with Crippen molar-refractivity contribution in [1.82, 2.24) is 0 Å². The molecular formula is C14H13BrN2O3. The van der Waals surface area contributed by atoms with Crippen LogP contribution < -0.4 is 10.1 Å². The van der Waals surface area contributed by atoms with Gasteiger partial charge in [0, 0.05) is 28.8 Å². The van der Waals surface area contributed by atoms with Crippen molar-refractivity contribution in [2.75, 3.05) is 11.9 Å². The molecule has 0 unspecified atom stereocenters. The van der Waals surface area contributed by atoms with Gasteiger partial charge in [-0.05, 0) is 25.1 Å². The van der Waals surface area contributed by atoms with E-state index >= 15 is 0 Å². The van der Waals surface area contributed by atoms with Crippen LogP contribution in [0.5, 0.6) is 11.5 Å². The van der Waals surface area contributed by atoms with Gasteiger partial charge in [-0.3, -0.25) is 10.1 Å². The van der Waals surface area contributed by atoms with E-state index in [4.69, 9.17) is 4.74 Å². The Labute approximate surface area is 124 Å². The SMILES string of the molecule is CCNc1cc(Oc2cccc(Br)c2)cc([N+](=O)[O-])c1. The number of nitro benzene ring substituents is 1. The van der Waals surface area contributed by atoms with E-state index in [1.54, 1.807) is 18.2 Å². The third kappa shape index (κ3) is 3.71. The van der Waals surface area contributed by atoms with Crippen molar-refractivity contribution in [2.24, 2.45) is 0 Å². The van der Waals surface area contributed by atoms with E-state index in [2.05, 4.69) is 21.2 Å². The van der Waals surface area contributed by atoms with E-state index in [-0.39, 0.29) is 5.69 Å². The van der Waals surface area contributed by atoms with E-state index in [1.807, 2.05) is 19.1 Å². The number of benzene rings is 2. The van der Waals surface area contributed by atoms with Gasteiger partial charge in [0.05, 0.1) is 11.0 Å². The quantitative estimate of drug-likeness (QED) is 0.641. The number of ether oxygens (including phenoxy) is 1. The fraction of sp³-hybridized carbons (Fsp3) is 0.143. The van der Waals surface area contributed by atoms with E-state index in [0.29, 0.717) is 23.7 Å². The molecule has 0 amide bonds. The Morgan fingerprint density at radius 1 is 1.25 bits per heavy atom. The Balaban J connectivity index is 2.32. The molecule has 0 saturated heterocycles. The zero-order valence-corrected chi connectivity index (χ0v) is 12.4. The van der Waals surface area contributed by atoms with Crippen LogP contribution in [0.1, 0.15) is 6.92 Å². The Hall–Kier alpha value is -2.08. The van der Waals surface area contributed by atoms with Gasteiger partial charge in [0.25, 0.3) is 5.69 Å². The number of halogens is 1. The summed E-state index contributed by atoms with van der Waals surface area (Å²) in [5.74, 6) is 1.04. The molecule has 0 heterocycles. The summed E-state index contributed by atoms with van der Waals surface area (Å²) < 4.78 is 6.54. The number of nitro groups is 1. The van der Waals surface area contributed by atoms with Gasteiger partial charge in [-0.2, -0.15) is 0 Å². The minimum Gasteiger partial charge on any atom is -0.457 e. The molecule has 20 heavy (non-hydrogen) atoms. The number of rotatable bonds is 5. The van der Waals surface area contributed by atoms with Gasteiger partial charge >= 0.3 is 0 Å². The normalized spacial score (nSPS) is 10.1. The topological polar surface area (TPSA) is 64.4 Å². The second kappa shape index (κ2) is 6.38. The molecule has 2 aromatic carbocycles. The van der Waals surface area contributed by atoms with Gasteiger partial charge in [0.2, 0.25) is 0 Å². The van der Waals surface area contributed by atoms with Crippen LogP contribution in [0.3, 0.4) is 0 Å². The predicted molar refractivity (Wildman–Crippen MR) is 81.5 cm³/mol. The number of hydrogen-bond donors (Lipinski definition) is 1. The number of nitrogens with zero attached hydrogens (tertiary/aromatic N) is 1. The molecular weight excluding hydrogens is 324 g/mol. The molecule has 104 valence electrons. The largest absolute Gasteiger partial charge is 0.457 e. The lowest BCUT2D eigenvalue weighted by Crippen LogP contribution is -1.98. The van der Waals surface area contributed by atoms with Crippen molar-refractivity contribution >= 4 is 27.3 Å². The Kier molecular flexibility index (Phi) is 4.57. The zero-order valence-electron chi connectivity index (χ0n) is 10.8. The van der Waals surface area contributed by atoms with Gasteiger partial charge in [-0.1, -0.05) is 22.0 Å². The van der Waals surface area contributed by atoms with Crippen molar-refractivity contribution in [3.05, 3.63) is 57.1 Å². The highest BCUT2D eigenvalue weighted by molar-refractivity contribution is 9.10. The minimum absolute atomic E-state index is 0.00607. The molecule has 2 aromatic rings. The lowest BCUT2D eigenvalue weighted by Gasteiger charge is -2.09. The average Bonchev–Trinajstić information content (AvgIpc) is 2.38. The lowest BCUT2D eigenvalue weighted by atomic mass is 10.2. The molecule has 0 spiro atoms. The maximum atomic E-state index is 10.9. The average molecular weight is 337 g/mol. The summed E-state index contributed by atoms with van der Waals surface area (Å²) in [6.07, 6.45) is 0. The first-order valence-electron chi connectivity index (χ1n) is 6.05. The third-order valence-corrected chi connectivity index (χ3v) is 3.01. The first kappa shape index (κ1) is 14.3. The van der Waals surface area contributed by atoms with Crippen LogP contribution in [0.15, 0.2) is 46.9 Å². The first-order valence-corrected chi connectivity index (χ1v) is 6.84. The number of nitrogens with one attached hydrogen (secondary N) is 1. The molecule has 5 nitrogen and oxygen atoms in total. The van der Waals surface area contributed by atoms with Gasteiger partial charge < -0.3 is 10.1 Å². The van der Waals surface area contributed by atoms with Crippen LogP contribution in [-0.4, -0.2) is 11.5 Å². The van der Waals surface area contributed by atoms with Gasteiger partial charge in [-0.15, -0.1) is 0 Å². The molecule has 0 aromatic heterocycles. The Morgan fingerprint density at radius 3 is 2.70 bits per heavy atom. The maximum Gasteiger partial charge on any atom is 0.275 e. The zero-order chi connectivity index (χ0) is 14.5. The summed E-state index contributed by atoms with van der Waals surface area (Å²) in [5, 5.41) is 14.0. The van der Waals surface area contributed by atoms with Crippen LogP contribution in [0.2, 0.25) is 0 Å². The smallest absolute Gasteiger partial charge is 0.275 e. The third-order valence-electron chi connectivity index (χ3n) is 2.51. The fourth-order valence-electron chi connectivity index (χ4n) is 1.72. The minimum atomic E-state index is -0.436. The van der Waals surface area contributed by atoms with Gasteiger partial charge in [0.15, 0.2) is 0 Å². The lowest BCUT2D eigenvalue weighted by molar-refractivity contribution is -0.384. The summed E-state index contributed by atoms with van der Waals surface area (Å²) in [4.78, 5) is 10.5. The van der Waals surface area contributed by atoms with E-state index in [9.17, 15) is 10.1 Å². The van der Waals surface area contributed by atoms with Crippen LogP contribution in [0.4, 0.5) is 11.4 Å². The van der Waals surface area contributed by atoms with Crippen LogP contribution in [0, 0.1) is 10.1 Å². The van der Waals surface area contributed by atoms with Crippen LogP contribution in [-0.2, 0) is 0 Å². The number of anilines is 1. The highest BCUT2D eigenvalue weighted by atomic mass is 79.9. The van der Waals surface area contributed by atoms with E-state index in [0.717, 1.165) is 4.47 Å². The monoisotopic (exact) mass is 336 g/mol. The second-order valence-corrected chi connectivity index (χ2v) is 4.98. The summed E-state index contributed by atoms with van der Waals surface area (Å²) in [5.41, 5.74) is 0.653. The summed E-state index contributed by atoms with van der Waals surface area (Å²) in [7, 11) is 0. The molecule has 0 atom stereocenters. The first-order chi connectivity index (χ1) is 9.58. The van der Waals surface area contributed by atoms with Crippen molar-refractivity contribution in [1.29, 1.82) is 0 Å². The van der Waals surface area contributed by atoms with E-state index in [1.165, 1.54) is 12.1 Å². The number of hydrogen-bond acceptors (Lipinski definition) is 4. The van der Waals surface area contributed by atoms with Crippen molar-refractivity contribution in [2.45, 2.75) is 6.92 Å². The standard InChI is InChI=1S/C14H13BrN2O3/c1-2-16-11-7-12(17(18)19)9-14(8-11)20-13-5-3-4-10(15)6-13/h3-9,16H,2H2,1H3. The molecule has 0 aliphatic rings. The van der Waals surface area contributed by atoms with Crippen LogP contribution >= 0.6 is 15.9 Å². The molecule has 2 rings (SSSR count). The molecule has 0 saturated carbocycles. The van der Waals surface area contributed by atoms with E-state index < -0.39 is 4.92 Å². The summed E-state index contributed by atoms with van der Waals surface area (Å²) in [6, 6.07) is 11.9. The van der Waals surface area contributed by atoms with Crippen molar-refractivity contribution < 1.29 is 9.66 Å². The highest BCUT2D eigenvalue weighted by Crippen LogP contribution is 2.30. The molecule has 0 bridgehead atoms. The molecule has 0 radical (unpaired) electrons. The molecule has 0 fully saturated rings. The van der Waals surface area contributed by atoms with Gasteiger partial charge in [0.1, 0.15) is 11.5 Å². The molecule has 0 aliphatic carbocycles. The molecule has 6 heteroatoms. The fourth-order valence-corrected chi connectivity index (χ4v) is 2.10.